The quantitative estimate of drug-likeness (QED) is 0.643. The molecule has 0 spiro atoms. The molecular formula is C21H23NO7. The van der Waals surface area contributed by atoms with Crippen molar-refractivity contribution in [2.24, 2.45) is 0 Å². The van der Waals surface area contributed by atoms with Gasteiger partial charge in [0.25, 0.3) is 11.8 Å². The fourth-order valence-electron chi connectivity index (χ4n) is 2.48. The second-order valence-electron chi connectivity index (χ2n) is 5.96. The Morgan fingerprint density at radius 3 is 2.17 bits per heavy atom. The molecule has 2 aromatic carbocycles. The van der Waals surface area contributed by atoms with Gasteiger partial charge in [-0.25, -0.2) is 0 Å². The van der Waals surface area contributed by atoms with Crippen LogP contribution in [-0.4, -0.2) is 45.7 Å². The number of ether oxygens (including phenoxy) is 4. The molecule has 8 nitrogen and oxygen atoms in total. The number of amides is 2. The number of aryl methyl sites for hydroxylation is 1. The molecule has 0 aliphatic rings. The van der Waals surface area contributed by atoms with Gasteiger partial charge in [0.15, 0.2) is 18.1 Å². The first kappa shape index (κ1) is 21.7. The fraction of sp³-hybridized carbons (Fsp3) is 0.286. The number of imide groups is 1. The average Bonchev–Trinajstić information content (AvgIpc) is 2.75. The van der Waals surface area contributed by atoms with E-state index >= 15 is 0 Å². The van der Waals surface area contributed by atoms with Crippen molar-refractivity contribution in [1.82, 2.24) is 5.32 Å². The molecule has 0 unspecified atom stereocenters. The van der Waals surface area contributed by atoms with Gasteiger partial charge in [-0.05, 0) is 48.4 Å². The van der Waals surface area contributed by atoms with Crippen LogP contribution in [0.15, 0.2) is 42.5 Å². The van der Waals surface area contributed by atoms with Crippen LogP contribution in [0, 0.1) is 0 Å². The second-order valence-corrected chi connectivity index (χ2v) is 5.96. The lowest BCUT2D eigenvalue weighted by Crippen LogP contribution is -2.34. The number of hydrogen-bond acceptors (Lipinski definition) is 7. The Morgan fingerprint density at radius 1 is 0.862 bits per heavy atom. The summed E-state index contributed by atoms with van der Waals surface area (Å²) in [4.78, 5) is 35.7. The summed E-state index contributed by atoms with van der Waals surface area (Å²) in [5.41, 5.74) is 1.15. The van der Waals surface area contributed by atoms with Crippen LogP contribution >= 0.6 is 0 Å². The van der Waals surface area contributed by atoms with Gasteiger partial charge < -0.3 is 18.9 Å². The van der Waals surface area contributed by atoms with Crippen molar-refractivity contribution in [3.8, 4) is 17.2 Å². The molecule has 0 heterocycles. The third-order valence-corrected chi connectivity index (χ3v) is 4.04. The molecule has 0 atom stereocenters. The van der Waals surface area contributed by atoms with Crippen LogP contribution in [0.4, 0.5) is 0 Å². The molecular weight excluding hydrogens is 378 g/mol. The summed E-state index contributed by atoms with van der Waals surface area (Å²) >= 11 is 0. The number of rotatable bonds is 9. The zero-order valence-corrected chi connectivity index (χ0v) is 16.5. The molecule has 2 amide bonds. The molecule has 1 N–H and O–H groups in total. The molecule has 2 aromatic rings. The van der Waals surface area contributed by atoms with Gasteiger partial charge in [-0.3, -0.25) is 19.7 Å². The molecule has 0 radical (unpaired) electrons. The largest absolute Gasteiger partial charge is 0.497 e. The van der Waals surface area contributed by atoms with E-state index in [1.165, 1.54) is 26.4 Å². The van der Waals surface area contributed by atoms with Crippen LogP contribution in [0.1, 0.15) is 22.3 Å². The van der Waals surface area contributed by atoms with Crippen molar-refractivity contribution in [3.05, 3.63) is 53.6 Å². The lowest BCUT2D eigenvalue weighted by molar-refractivity contribution is -0.148. The molecule has 154 valence electrons. The first-order chi connectivity index (χ1) is 14.0. The van der Waals surface area contributed by atoms with Crippen molar-refractivity contribution in [2.75, 3.05) is 27.9 Å². The minimum absolute atomic E-state index is 0.0786. The van der Waals surface area contributed by atoms with E-state index < -0.39 is 24.4 Å². The van der Waals surface area contributed by atoms with Gasteiger partial charge in [-0.15, -0.1) is 0 Å². The zero-order valence-electron chi connectivity index (χ0n) is 16.5. The van der Waals surface area contributed by atoms with Crippen LogP contribution in [-0.2, 0) is 20.7 Å². The van der Waals surface area contributed by atoms with Crippen LogP contribution in [0.25, 0.3) is 0 Å². The third-order valence-electron chi connectivity index (χ3n) is 4.04. The van der Waals surface area contributed by atoms with E-state index in [4.69, 9.17) is 18.9 Å². The van der Waals surface area contributed by atoms with Crippen LogP contribution in [0.5, 0.6) is 17.2 Å². The molecule has 0 bridgehead atoms. The molecule has 0 aliphatic heterocycles. The van der Waals surface area contributed by atoms with E-state index in [9.17, 15) is 14.4 Å². The van der Waals surface area contributed by atoms with Gasteiger partial charge in [-0.2, -0.15) is 0 Å². The monoisotopic (exact) mass is 401 g/mol. The molecule has 0 aliphatic carbocycles. The van der Waals surface area contributed by atoms with Gasteiger partial charge in [0.05, 0.1) is 21.3 Å². The number of benzene rings is 2. The Kier molecular flexibility index (Phi) is 8.02. The predicted octanol–water partition coefficient (Wildman–Crippen LogP) is 2.14. The van der Waals surface area contributed by atoms with Crippen molar-refractivity contribution >= 4 is 17.8 Å². The summed E-state index contributed by atoms with van der Waals surface area (Å²) < 4.78 is 20.3. The lowest BCUT2D eigenvalue weighted by Gasteiger charge is -2.09. The number of methoxy groups -OCH3 is 3. The third kappa shape index (κ3) is 6.53. The number of carbonyl (C=O) groups excluding carboxylic acids is 3. The summed E-state index contributed by atoms with van der Waals surface area (Å²) in [7, 11) is 4.58. The Balaban J connectivity index is 1.76. The molecule has 0 aromatic heterocycles. The van der Waals surface area contributed by atoms with Gasteiger partial charge in [0.1, 0.15) is 5.75 Å². The van der Waals surface area contributed by atoms with E-state index in [2.05, 4.69) is 5.32 Å². The number of nitrogens with one attached hydrogen (secondary N) is 1. The molecule has 29 heavy (non-hydrogen) atoms. The standard InChI is InChI=1S/C21H23NO7/c1-26-16-8-6-15(7-9-16)21(25)22-19(23)13-29-20(24)11-5-14-4-10-17(27-2)18(12-14)28-3/h4,6-10,12H,5,11,13H2,1-3H3,(H,22,23,25). The maximum Gasteiger partial charge on any atom is 0.306 e. The van der Waals surface area contributed by atoms with Crippen LogP contribution in [0.3, 0.4) is 0 Å². The summed E-state index contributed by atoms with van der Waals surface area (Å²) in [5.74, 6) is -0.0840. The van der Waals surface area contributed by atoms with Crippen molar-refractivity contribution < 1.29 is 33.3 Å². The van der Waals surface area contributed by atoms with Crippen molar-refractivity contribution in [3.63, 3.8) is 0 Å². The summed E-state index contributed by atoms with van der Waals surface area (Å²) in [5, 5.41) is 2.16. The number of hydrogen-bond donors (Lipinski definition) is 1. The summed E-state index contributed by atoms with van der Waals surface area (Å²) in [6.07, 6.45) is 0.487. The Morgan fingerprint density at radius 2 is 1.55 bits per heavy atom. The van der Waals surface area contributed by atoms with Gasteiger partial charge in [0, 0.05) is 12.0 Å². The van der Waals surface area contributed by atoms with E-state index in [1.807, 2.05) is 6.07 Å². The van der Waals surface area contributed by atoms with Gasteiger partial charge >= 0.3 is 5.97 Å². The molecule has 8 heteroatoms. The Bertz CT molecular complexity index is 862. The average molecular weight is 401 g/mol. The van der Waals surface area contributed by atoms with E-state index in [0.717, 1.165) is 5.56 Å². The fourth-order valence-corrected chi connectivity index (χ4v) is 2.48. The highest BCUT2D eigenvalue weighted by molar-refractivity contribution is 6.05. The van der Waals surface area contributed by atoms with Crippen molar-refractivity contribution in [1.29, 1.82) is 0 Å². The maximum absolute atomic E-state index is 12.0. The maximum atomic E-state index is 12.0. The molecule has 0 fully saturated rings. The highest BCUT2D eigenvalue weighted by Gasteiger charge is 2.13. The molecule has 0 saturated heterocycles. The highest BCUT2D eigenvalue weighted by atomic mass is 16.5. The van der Waals surface area contributed by atoms with Crippen LogP contribution < -0.4 is 19.5 Å². The first-order valence-corrected chi connectivity index (χ1v) is 8.81. The van der Waals surface area contributed by atoms with E-state index in [-0.39, 0.29) is 6.42 Å². The van der Waals surface area contributed by atoms with E-state index in [1.54, 1.807) is 31.4 Å². The number of esters is 1. The van der Waals surface area contributed by atoms with Gasteiger partial charge in [0.2, 0.25) is 0 Å². The minimum atomic E-state index is -0.703. The zero-order chi connectivity index (χ0) is 21.2. The minimum Gasteiger partial charge on any atom is -0.497 e. The topological polar surface area (TPSA) is 100 Å². The van der Waals surface area contributed by atoms with Gasteiger partial charge in [-0.1, -0.05) is 6.07 Å². The lowest BCUT2D eigenvalue weighted by atomic mass is 10.1. The predicted molar refractivity (Wildman–Crippen MR) is 104 cm³/mol. The summed E-state index contributed by atoms with van der Waals surface area (Å²) in [6, 6.07) is 11.6. The smallest absolute Gasteiger partial charge is 0.306 e. The Hall–Kier alpha value is -3.55. The number of carbonyl (C=O) groups is 3. The highest BCUT2D eigenvalue weighted by Crippen LogP contribution is 2.27. The molecule has 2 rings (SSSR count). The van der Waals surface area contributed by atoms with Crippen LogP contribution in [0.2, 0.25) is 0 Å². The van der Waals surface area contributed by atoms with E-state index in [0.29, 0.717) is 29.2 Å². The SMILES string of the molecule is COc1ccc(C(=O)NC(=O)COC(=O)CCc2ccc(OC)c(OC)c2)cc1. The normalized spacial score (nSPS) is 10.0. The molecule has 0 saturated carbocycles. The Labute approximate surface area is 168 Å². The first-order valence-electron chi connectivity index (χ1n) is 8.81. The van der Waals surface area contributed by atoms with Crippen molar-refractivity contribution in [2.45, 2.75) is 12.8 Å². The second kappa shape index (κ2) is 10.7. The summed E-state index contributed by atoms with van der Waals surface area (Å²) in [6.45, 7) is -0.535.